The van der Waals surface area contributed by atoms with Gasteiger partial charge in [0.25, 0.3) is 5.56 Å². The highest BCUT2D eigenvalue weighted by molar-refractivity contribution is 7.99. The summed E-state index contributed by atoms with van der Waals surface area (Å²) in [7, 11) is 0. The number of nitrogens with zero attached hydrogens (tertiary/aromatic N) is 4. The SMILES string of the molecule is CCCc1cc(=O)[nH]c(SCCCN=[N+]=[N-])n1. The van der Waals surface area contributed by atoms with Gasteiger partial charge in [0.1, 0.15) is 0 Å². The molecule has 0 bridgehead atoms. The molecule has 1 aromatic rings. The Morgan fingerprint density at radius 3 is 3.18 bits per heavy atom. The highest BCUT2D eigenvalue weighted by atomic mass is 32.2. The molecular formula is C10H15N5OS. The minimum atomic E-state index is -0.110. The first-order chi connectivity index (χ1) is 8.26. The first kappa shape index (κ1) is 13.6. The van der Waals surface area contributed by atoms with Gasteiger partial charge in [-0.3, -0.25) is 4.79 Å². The van der Waals surface area contributed by atoms with E-state index in [2.05, 4.69) is 26.9 Å². The molecule has 17 heavy (non-hydrogen) atoms. The van der Waals surface area contributed by atoms with Crippen LogP contribution in [0.15, 0.2) is 21.1 Å². The van der Waals surface area contributed by atoms with Crippen molar-refractivity contribution in [1.82, 2.24) is 9.97 Å². The molecule has 0 unspecified atom stereocenters. The van der Waals surface area contributed by atoms with Gasteiger partial charge in [0, 0.05) is 29.0 Å². The lowest BCUT2D eigenvalue weighted by molar-refractivity contribution is 0.814. The number of nitrogens with one attached hydrogen (secondary N) is 1. The Morgan fingerprint density at radius 1 is 1.65 bits per heavy atom. The van der Waals surface area contributed by atoms with Crippen molar-refractivity contribution in [3.05, 3.63) is 32.6 Å². The Balaban J connectivity index is 2.52. The van der Waals surface area contributed by atoms with Gasteiger partial charge in [0.2, 0.25) is 0 Å². The molecule has 0 amide bonds. The van der Waals surface area contributed by atoms with Gasteiger partial charge in [-0.2, -0.15) is 0 Å². The third-order valence-electron chi connectivity index (χ3n) is 1.98. The smallest absolute Gasteiger partial charge is 0.251 e. The maximum atomic E-state index is 11.3. The van der Waals surface area contributed by atoms with Crippen molar-refractivity contribution >= 4 is 11.8 Å². The number of aryl methyl sites for hydroxylation is 1. The van der Waals surface area contributed by atoms with E-state index in [-0.39, 0.29) is 5.56 Å². The summed E-state index contributed by atoms with van der Waals surface area (Å²) in [6.07, 6.45) is 2.56. The molecule has 1 rings (SSSR count). The highest BCUT2D eigenvalue weighted by Gasteiger charge is 2.01. The van der Waals surface area contributed by atoms with Crippen LogP contribution in [-0.4, -0.2) is 22.3 Å². The Bertz CT molecular complexity index is 452. The zero-order valence-corrected chi connectivity index (χ0v) is 10.5. The second kappa shape index (κ2) is 7.76. The molecule has 0 atom stereocenters. The maximum Gasteiger partial charge on any atom is 0.251 e. The molecule has 6 nitrogen and oxygen atoms in total. The van der Waals surface area contributed by atoms with E-state index in [4.69, 9.17) is 5.53 Å². The van der Waals surface area contributed by atoms with E-state index in [0.29, 0.717) is 11.7 Å². The molecule has 0 saturated carbocycles. The molecule has 0 saturated heterocycles. The minimum Gasteiger partial charge on any atom is -0.301 e. The summed E-state index contributed by atoms with van der Waals surface area (Å²) < 4.78 is 0. The third kappa shape index (κ3) is 5.42. The van der Waals surface area contributed by atoms with E-state index in [1.54, 1.807) is 0 Å². The zero-order valence-electron chi connectivity index (χ0n) is 9.72. The van der Waals surface area contributed by atoms with E-state index in [1.807, 2.05) is 0 Å². The van der Waals surface area contributed by atoms with Gasteiger partial charge in [0.15, 0.2) is 5.16 Å². The summed E-state index contributed by atoms with van der Waals surface area (Å²) in [6, 6.07) is 1.54. The number of thioether (sulfide) groups is 1. The van der Waals surface area contributed by atoms with Crippen LogP contribution in [0.5, 0.6) is 0 Å². The Morgan fingerprint density at radius 2 is 2.47 bits per heavy atom. The van der Waals surface area contributed by atoms with Crippen molar-refractivity contribution in [3.8, 4) is 0 Å². The van der Waals surface area contributed by atoms with Crippen LogP contribution >= 0.6 is 11.8 Å². The normalized spacial score (nSPS) is 9.94. The standard InChI is InChI=1S/C10H15N5OS/c1-2-4-8-7-9(16)14-10(13-8)17-6-3-5-12-15-11/h7H,2-6H2,1H3,(H,13,14,16). The quantitative estimate of drug-likeness (QED) is 0.202. The molecule has 92 valence electrons. The molecule has 0 aliphatic rings. The lowest BCUT2D eigenvalue weighted by atomic mass is 10.2. The summed E-state index contributed by atoms with van der Waals surface area (Å²) in [4.78, 5) is 21.1. The van der Waals surface area contributed by atoms with Crippen LogP contribution in [-0.2, 0) is 6.42 Å². The second-order valence-electron chi connectivity index (χ2n) is 3.45. The highest BCUT2D eigenvalue weighted by Crippen LogP contribution is 2.12. The molecule has 1 N–H and O–H groups in total. The van der Waals surface area contributed by atoms with Gasteiger partial charge >= 0.3 is 0 Å². The summed E-state index contributed by atoms with van der Waals surface area (Å²) in [6.45, 7) is 2.53. The van der Waals surface area contributed by atoms with Gasteiger partial charge in [-0.15, -0.1) is 0 Å². The number of azide groups is 1. The second-order valence-corrected chi connectivity index (χ2v) is 4.53. The lowest BCUT2D eigenvalue weighted by Crippen LogP contribution is -2.10. The number of hydrogen-bond donors (Lipinski definition) is 1. The summed E-state index contributed by atoms with van der Waals surface area (Å²) in [5.74, 6) is 0.775. The average Bonchev–Trinajstić information content (AvgIpc) is 2.28. The predicted octanol–water partition coefficient (Wildman–Crippen LogP) is 2.51. The predicted molar refractivity (Wildman–Crippen MR) is 68.2 cm³/mol. The van der Waals surface area contributed by atoms with Gasteiger partial charge in [-0.25, -0.2) is 4.98 Å². The fourth-order valence-electron chi connectivity index (χ4n) is 1.28. The summed E-state index contributed by atoms with van der Waals surface area (Å²) in [5, 5.41) is 4.08. The van der Waals surface area contributed by atoms with Crippen LogP contribution in [0.4, 0.5) is 0 Å². The van der Waals surface area contributed by atoms with Gasteiger partial charge < -0.3 is 4.98 Å². The third-order valence-corrected chi connectivity index (χ3v) is 2.94. The molecular weight excluding hydrogens is 238 g/mol. The van der Waals surface area contributed by atoms with Crippen LogP contribution < -0.4 is 5.56 Å². The Labute approximate surface area is 103 Å². The molecule has 7 heteroatoms. The van der Waals surface area contributed by atoms with E-state index in [1.165, 1.54) is 17.8 Å². The minimum absolute atomic E-state index is 0.110. The fourth-order valence-corrected chi connectivity index (χ4v) is 2.11. The van der Waals surface area contributed by atoms with Crippen LogP contribution in [0.3, 0.4) is 0 Å². The van der Waals surface area contributed by atoms with Crippen molar-refractivity contribution in [3.63, 3.8) is 0 Å². The van der Waals surface area contributed by atoms with Crippen molar-refractivity contribution in [2.24, 2.45) is 5.11 Å². The summed E-state index contributed by atoms with van der Waals surface area (Å²) in [5.41, 5.74) is 8.82. The number of aromatic nitrogens is 2. The van der Waals surface area contributed by atoms with Crippen molar-refractivity contribution in [2.75, 3.05) is 12.3 Å². The molecule has 0 radical (unpaired) electrons. The first-order valence-electron chi connectivity index (χ1n) is 5.50. The van der Waals surface area contributed by atoms with Gasteiger partial charge in [-0.05, 0) is 18.4 Å². The molecule has 1 heterocycles. The number of hydrogen-bond acceptors (Lipinski definition) is 4. The monoisotopic (exact) mass is 253 g/mol. The van der Waals surface area contributed by atoms with Crippen molar-refractivity contribution < 1.29 is 0 Å². The van der Waals surface area contributed by atoms with Crippen LogP contribution in [0, 0.1) is 0 Å². The number of aromatic amines is 1. The van der Waals surface area contributed by atoms with E-state index >= 15 is 0 Å². The van der Waals surface area contributed by atoms with E-state index < -0.39 is 0 Å². The molecule has 0 aliphatic carbocycles. The number of H-pyrrole nitrogens is 1. The topological polar surface area (TPSA) is 94.5 Å². The molecule has 1 aromatic heterocycles. The van der Waals surface area contributed by atoms with Crippen molar-refractivity contribution in [1.29, 1.82) is 0 Å². The van der Waals surface area contributed by atoms with Crippen molar-refractivity contribution in [2.45, 2.75) is 31.3 Å². The fraction of sp³-hybridized carbons (Fsp3) is 0.600. The summed E-state index contributed by atoms with van der Waals surface area (Å²) >= 11 is 1.48. The van der Waals surface area contributed by atoms with Crippen LogP contribution in [0.25, 0.3) is 10.4 Å². The molecule has 0 fully saturated rings. The molecule has 0 aromatic carbocycles. The Hall–Kier alpha value is -1.46. The van der Waals surface area contributed by atoms with E-state index in [0.717, 1.165) is 30.7 Å². The van der Waals surface area contributed by atoms with Gasteiger partial charge in [-0.1, -0.05) is 30.2 Å². The number of rotatable bonds is 7. The van der Waals surface area contributed by atoms with Gasteiger partial charge in [0.05, 0.1) is 0 Å². The van der Waals surface area contributed by atoms with Crippen LogP contribution in [0.1, 0.15) is 25.5 Å². The average molecular weight is 253 g/mol. The lowest BCUT2D eigenvalue weighted by Gasteiger charge is -2.02. The maximum absolute atomic E-state index is 11.3. The largest absolute Gasteiger partial charge is 0.301 e. The first-order valence-corrected chi connectivity index (χ1v) is 6.48. The Kier molecular flexibility index (Phi) is 6.21. The molecule has 0 aliphatic heterocycles. The van der Waals surface area contributed by atoms with Crippen LogP contribution in [0.2, 0.25) is 0 Å². The van der Waals surface area contributed by atoms with E-state index in [9.17, 15) is 4.79 Å². The zero-order chi connectivity index (χ0) is 12.5. The molecule has 0 spiro atoms.